The molecule has 0 aliphatic carbocycles. The van der Waals surface area contributed by atoms with E-state index < -0.39 is 18.3 Å². The van der Waals surface area contributed by atoms with E-state index in [1.54, 1.807) is 38.6 Å². The number of hydrogen-bond donors (Lipinski definition) is 3. The van der Waals surface area contributed by atoms with Gasteiger partial charge < -0.3 is 24.8 Å². The molecule has 3 aromatic rings. The number of aryl methyl sites for hydroxylation is 3. The third-order valence-corrected chi connectivity index (χ3v) is 6.20. The van der Waals surface area contributed by atoms with E-state index in [9.17, 15) is 15.3 Å². The molecule has 33 heavy (non-hydrogen) atoms. The van der Waals surface area contributed by atoms with Crippen molar-refractivity contribution in [3.8, 4) is 22.9 Å². The second kappa shape index (κ2) is 9.43. The molecule has 2 aromatic heterocycles. The molecule has 1 unspecified atom stereocenters. The number of ether oxygens (including phenoxy) is 2. The summed E-state index contributed by atoms with van der Waals surface area (Å²) in [6.07, 6.45) is 2.18. The Morgan fingerprint density at radius 1 is 1.09 bits per heavy atom. The van der Waals surface area contributed by atoms with E-state index in [-0.39, 0.29) is 6.10 Å². The standard InChI is InChI=1S/C25H29N3O5/c1-13-11-26-22(32-4)10-18(13)19-12-27-23(15(3)28-19)20-8-7-16-5-6-17(9-21(16)33-20)24(29)14(2)25(30)31/h5-6,9-12,14,20,24-25,29-31H,7-8H2,1-4H3/t14-,20?,24+/m0/s1. The number of benzene rings is 1. The van der Waals surface area contributed by atoms with Crippen molar-refractivity contribution in [1.82, 2.24) is 15.0 Å². The molecular formula is C25H29N3O5. The Morgan fingerprint density at radius 3 is 2.58 bits per heavy atom. The van der Waals surface area contributed by atoms with Gasteiger partial charge in [0, 0.05) is 23.7 Å². The third-order valence-electron chi connectivity index (χ3n) is 6.20. The highest BCUT2D eigenvalue weighted by Crippen LogP contribution is 2.38. The summed E-state index contributed by atoms with van der Waals surface area (Å²) in [4.78, 5) is 13.7. The molecule has 0 bridgehead atoms. The Kier molecular flexibility index (Phi) is 6.60. The monoisotopic (exact) mass is 451 g/mol. The highest BCUT2D eigenvalue weighted by atomic mass is 16.5. The third kappa shape index (κ3) is 4.68. The van der Waals surface area contributed by atoms with E-state index in [4.69, 9.17) is 19.4 Å². The Bertz CT molecular complexity index is 1150. The van der Waals surface area contributed by atoms with E-state index >= 15 is 0 Å². The first kappa shape index (κ1) is 23.1. The van der Waals surface area contributed by atoms with Gasteiger partial charge in [-0.1, -0.05) is 19.1 Å². The van der Waals surface area contributed by atoms with Gasteiger partial charge >= 0.3 is 0 Å². The van der Waals surface area contributed by atoms with Crippen LogP contribution in [0.1, 0.15) is 53.6 Å². The van der Waals surface area contributed by atoms with Gasteiger partial charge in [-0.15, -0.1) is 0 Å². The smallest absolute Gasteiger partial charge is 0.213 e. The van der Waals surface area contributed by atoms with Gasteiger partial charge in [0.1, 0.15) is 17.5 Å². The van der Waals surface area contributed by atoms with Crippen molar-refractivity contribution >= 4 is 0 Å². The highest BCUT2D eigenvalue weighted by Gasteiger charge is 2.27. The molecule has 8 nitrogen and oxygen atoms in total. The van der Waals surface area contributed by atoms with E-state index in [1.807, 2.05) is 26.0 Å². The number of pyridine rings is 1. The van der Waals surface area contributed by atoms with Crippen LogP contribution in [-0.4, -0.2) is 43.7 Å². The van der Waals surface area contributed by atoms with Crippen LogP contribution in [0, 0.1) is 19.8 Å². The molecule has 1 aliphatic rings. The van der Waals surface area contributed by atoms with Gasteiger partial charge in [0.25, 0.3) is 0 Å². The van der Waals surface area contributed by atoms with Gasteiger partial charge in [-0.25, -0.2) is 9.97 Å². The summed E-state index contributed by atoms with van der Waals surface area (Å²) in [5.74, 6) is 0.466. The molecule has 0 saturated carbocycles. The lowest BCUT2D eigenvalue weighted by Gasteiger charge is -2.28. The Hall–Kier alpha value is -3.07. The number of nitrogens with zero attached hydrogens (tertiary/aromatic N) is 3. The summed E-state index contributed by atoms with van der Waals surface area (Å²) < 4.78 is 11.5. The highest BCUT2D eigenvalue weighted by molar-refractivity contribution is 5.63. The molecule has 8 heteroatoms. The second-order valence-electron chi connectivity index (χ2n) is 8.50. The van der Waals surface area contributed by atoms with Crippen LogP contribution in [0.3, 0.4) is 0 Å². The van der Waals surface area contributed by atoms with Crippen LogP contribution >= 0.6 is 0 Å². The van der Waals surface area contributed by atoms with Crippen molar-refractivity contribution in [2.75, 3.05) is 7.11 Å². The summed E-state index contributed by atoms with van der Waals surface area (Å²) in [6, 6.07) is 7.34. The van der Waals surface area contributed by atoms with Crippen molar-refractivity contribution < 1.29 is 24.8 Å². The molecule has 0 amide bonds. The van der Waals surface area contributed by atoms with Crippen LogP contribution in [-0.2, 0) is 6.42 Å². The Balaban J connectivity index is 1.59. The molecule has 174 valence electrons. The molecule has 1 aromatic carbocycles. The molecule has 3 heterocycles. The number of hydrogen-bond acceptors (Lipinski definition) is 8. The maximum Gasteiger partial charge on any atom is 0.213 e. The average Bonchev–Trinajstić information content (AvgIpc) is 2.82. The fourth-order valence-corrected chi connectivity index (χ4v) is 4.06. The van der Waals surface area contributed by atoms with Crippen LogP contribution in [0.15, 0.2) is 36.7 Å². The number of aliphatic hydroxyl groups excluding tert-OH is 2. The Morgan fingerprint density at radius 2 is 1.88 bits per heavy atom. The lowest BCUT2D eigenvalue weighted by atomic mass is 9.93. The van der Waals surface area contributed by atoms with Crippen molar-refractivity contribution in [1.29, 1.82) is 0 Å². The van der Waals surface area contributed by atoms with Crippen molar-refractivity contribution in [2.45, 2.75) is 52.1 Å². The number of methoxy groups -OCH3 is 1. The van der Waals surface area contributed by atoms with E-state index in [0.29, 0.717) is 17.2 Å². The van der Waals surface area contributed by atoms with Crippen LogP contribution in [0.4, 0.5) is 0 Å². The molecule has 4 rings (SSSR count). The summed E-state index contributed by atoms with van der Waals surface area (Å²) >= 11 is 0. The van der Waals surface area contributed by atoms with Crippen LogP contribution in [0.5, 0.6) is 11.6 Å². The zero-order chi connectivity index (χ0) is 23.7. The molecule has 3 atom stereocenters. The van der Waals surface area contributed by atoms with E-state index in [0.717, 1.165) is 46.6 Å². The van der Waals surface area contributed by atoms with Gasteiger partial charge in [-0.2, -0.15) is 0 Å². The van der Waals surface area contributed by atoms with E-state index in [2.05, 4.69) is 4.98 Å². The van der Waals surface area contributed by atoms with Gasteiger partial charge in [0.2, 0.25) is 5.88 Å². The minimum Gasteiger partial charge on any atom is -0.484 e. The molecule has 0 saturated heterocycles. The molecule has 1 aliphatic heterocycles. The first-order valence-electron chi connectivity index (χ1n) is 11.0. The predicted octanol–water partition coefficient (Wildman–Crippen LogP) is 3.21. The lowest BCUT2D eigenvalue weighted by Crippen LogP contribution is -2.24. The lowest BCUT2D eigenvalue weighted by molar-refractivity contribution is -0.112. The summed E-state index contributed by atoms with van der Waals surface area (Å²) in [7, 11) is 1.58. The van der Waals surface area contributed by atoms with Gasteiger partial charge in [0.05, 0.1) is 30.8 Å². The minimum atomic E-state index is -1.61. The fraction of sp³-hybridized carbons (Fsp3) is 0.400. The van der Waals surface area contributed by atoms with Gasteiger partial charge in [0.15, 0.2) is 6.29 Å². The average molecular weight is 452 g/mol. The summed E-state index contributed by atoms with van der Waals surface area (Å²) in [5.41, 5.74) is 5.81. The molecule has 3 N–H and O–H groups in total. The van der Waals surface area contributed by atoms with Gasteiger partial charge in [-0.05, 0) is 49.4 Å². The molecular weight excluding hydrogens is 422 g/mol. The quantitative estimate of drug-likeness (QED) is 0.489. The maximum atomic E-state index is 10.5. The molecule has 0 fully saturated rings. The number of aromatic nitrogens is 3. The van der Waals surface area contributed by atoms with Crippen molar-refractivity contribution in [3.05, 3.63) is 64.7 Å². The zero-order valence-corrected chi connectivity index (χ0v) is 19.2. The van der Waals surface area contributed by atoms with E-state index in [1.165, 1.54) is 0 Å². The Labute approximate surface area is 192 Å². The first-order valence-corrected chi connectivity index (χ1v) is 11.0. The van der Waals surface area contributed by atoms with Crippen LogP contribution in [0.25, 0.3) is 11.3 Å². The largest absolute Gasteiger partial charge is 0.484 e. The number of aliphatic hydroxyl groups is 3. The van der Waals surface area contributed by atoms with Crippen molar-refractivity contribution in [3.63, 3.8) is 0 Å². The normalized spacial score (nSPS) is 17.3. The first-order chi connectivity index (χ1) is 15.8. The summed E-state index contributed by atoms with van der Waals surface area (Å²) in [6.45, 7) is 5.47. The minimum absolute atomic E-state index is 0.264. The van der Waals surface area contributed by atoms with Gasteiger partial charge in [-0.3, -0.25) is 4.98 Å². The predicted molar refractivity (Wildman–Crippen MR) is 122 cm³/mol. The number of fused-ring (bicyclic) bond motifs is 1. The maximum absolute atomic E-state index is 10.5. The van der Waals surface area contributed by atoms with Crippen LogP contribution < -0.4 is 9.47 Å². The summed E-state index contributed by atoms with van der Waals surface area (Å²) in [5, 5.41) is 29.3. The topological polar surface area (TPSA) is 118 Å². The molecule has 0 spiro atoms. The zero-order valence-electron chi connectivity index (χ0n) is 19.2. The van der Waals surface area contributed by atoms with Crippen LogP contribution in [0.2, 0.25) is 0 Å². The number of rotatable bonds is 6. The molecule has 0 radical (unpaired) electrons. The van der Waals surface area contributed by atoms with Crippen molar-refractivity contribution in [2.24, 2.45) is 5.92 Å². The fourth-order valence-electron chi connectivity index (χ4n) is 4.06. The SMILES string of the molecule is COc1cc(-c2cnc(C3CCc4ccc([C@H](O)[C@H](C)C(O)O)cc4O3)c(C)n2)c(C)cn1. The second-order valence-corrected chi connectivity index (χ2v) is 8.50.